The second kappa shape index (κ2) is 9.52. The van der Waals surface area contributed by atoms with E-state index in [0.29, 0.717) is 10.8 Å². The number of thiophene rings is 1. The summed E-state index contributed by atoms with van der Waals surface area (Å²) >= 11 is 4.75. The third-order valence-corrected chi connectivity index (χ3v) is 7.36. The molecule has 2 atom stereocenters. The van der Waals surface area contributed by atoms with E-state index >= 15 is 0 Å². The predicted octanol–water partition coefficient (Wildman–Crippen LogP) is 3.60. The number of hydrogen-bond donors (Lipinski definition) is 1. The van der Waals surface area contributed by atoms with E-state index in [0.717, 1.165) is 35.8 Å². The average molecular weight is 456 g/mol. The molecule has 1 N–H and O–H groups in total. The highest BCUT2D eigenvalue weighted by Crippen LogP contribution is 2.23. The van der Waals surface area contributed by atoms with Crippen LogP contribution in [0.5, 0.6) is 0 Å². The third-order valence-electron chi connectivity index (χ3n) is 5.74. The van der Waals surface area contributed by atoms with Crippen LogP contribution < -0.4 is 5.32 Å². The van der Waals surface area contributed by atoms with E-state index in [2.05, 4.69) is 33.1 Å². The van der Waals surface area contributed by atoms with Crippen molar-refractivity contribution in [2.24, 2.45) is 11.8 Å². The monoisotopic (exact) mass is 455 g/mol. The SMILES string of the molecule is CC1CCN(CC2CCCN(C(=O)C(C)NC(=O)c3ccc(Br)s3)C2)CC1. The van der Waals surface area contributed by atoms with Crippen LogP contribution in [0.15, 0.2) is 15.9 Å². The standard InChI is InChI=1S/C20H30BrN3O2S/c1-14-7-10-23(11-8-14)12-16-4-3-9-24(13-16)20(26)15(2)22-19(25)17-5-6-18(21)27-17/h5-6,14-16H,3-4,7-13H2,1-2H3,(H,22,25). The van der Waals surface area contributed by atoms with E-state index in [9.17, 15) is 9.59 Å². The van der Waals surface area contributed by atoms with Crippen LogP contribution in [-0.2, 0) is 4.79 Å². The predicted molar refractivity (Wildman–Crippen MR) is 113 cm³/mol. The minimum Gasteiger partial charge on any atom is -0.341 e. The molecule has 2 aliphatic heterocycles. The van der Waals surface area contributed by atoms with Crippen LogP contribution >= 0.6 is 27.3 Å². The van der Waals surface area contributed by atoms with Crippen molar-refractivity contribution in [3.05, 3.63) is 20.8 Å². The number of likely N-dealkylation sites (tertiary alicyclic amines) is 2. The molecule has 0 aliphatic carbocycles. The highest BCUT2D eigenvalue weighted by Gasteiger charge is 2.29. The molecule has 150 valence electrons. The molecule has 2 amide bonds. The molecule has 0 aromatic carbocycles. The van der Waals surface area contributed by atoms with Gasteiger partial charge in [0.2, 0.25) is 5.91 Å². The van der Waals surface area contributed by atoms with Crippen LogP contribution in [0.4, 0.5) is 0 Å². The Morgan fingerprint density at radius 2 is 2.00 bits per heavy atom. The Balaban J connectivity index is 1.49. The van der Waals surface area contributed by atoms with Crippen molar-refractivity contribution < 1.29 is 9.59 Å². The molecule has 3 rings (SSSR count). The molecule has 27 heavy (non-hydrogen) atoms. The van der Waals surface area contributed by atoms with Crippen molar-refractivity contribution in [2.75, 3.05) is 32.7 Å². The summed E-state index contributed by atoms with van der Waals surface area (Å²) in [5, 5.41) is 2.86. The smallest absolute Gasteiger partial charge is 0.262 e. The number of piperidine rings is 2. The fraction of sp³-hybridized carbons (Fsp3) is 0.700. The van der Waals surface area contributed by atoms with Gasteiger partial charge in [-0.3, -0.25) is 9.59 Å². The summed E-state index contributed by atoms with van der Waals surface area (Å²) in [4.78, 5) is 30.3. The first-order valence-corrected chi connectivity index (χ1v) is 11.6. The number of halogens is 1. The van der Waals surface area contributed by atoms with Gasteiger partial charge in [0.25, 0.3) is 5.91 Å². The number of amides is 2. The summed E-state index contributed by atoms with van der Waals surface area (Å²) in [7, 11) is 0. The van der Waals surface area contributed by atoms with Gasteiger partial charge in [-0.05, 0) is 85.6 Å². The molecule has 2 unspecified atom stereocenters. The second-order valence-electron chi connectivity index (χ2n) is 8.07. The first kappa shape index (κ1) is 20.8. The van der Waals surface area contributed by atoms with Gasteiger partial charge >= 0.3 is 0 Å². The van der Waals surface area contributed by atoms with Crippen LogP contribution in [0.1, 0.15) is 49.2 Å². The number of carbonyl (C=O) groups is 2. The molecule has 0 spiro atoms. The van der Waals surface area contributed by atoms with Gasteiger partial charge in [-0.15, -0.1) is 11.3 Å². The molecule has 2 aliphatic rings. The lowest BCUT2D eigenvalue weighted by Gasteiger charge is -2.38. The molecule has 5 nitrogen and oxygen atoms in total. The number of nitrogens with zero attached hydrogens (tertiary/aromatic N) is 2. The van der Waals surface area contributed by atoms with Gasteiger partial charge in [0, 0.05) is 19.6 Å². The van der Waals surface area contributed by atoms with Gasteiger partial charge in [0.05, 0.1) is 8.66 Å². The zero-order chi connectivity index (χ0) is 19.4. The fourth-order valence-corrected chi connectivity index (χ4v) is 5.35. The van der Waals surface area contributed by atoms with Crippen LogP contribution in [0, 0.1) is 11.8 Å². The topological polar surface area (TPSA) is 52.6 Å². The average Bonchev–Trinajstić information content (AvgIpc) is 3.10. The first-order chi connectivity index (χ1) is 12.9. The summed E-state index contributed by atoms with van der Waals surface area (Å²) < 4.78 is 0.914. The van der Waals surface area contributed by atoms with Gasteiger partial charge in [0.15, 0.2) is 0 Å². The largest absolute Gasteiger partial charge is 0.341 e. The first-order valence-electron chi connectivity index (χ1n) is 9.99. The van der Waals surface area contributed by atoms with E-state index in [-0.39, 0.29) is 11.8 Å². The Morgan fingerprint density at radius 1 is 1.26 bits per heavy atom. The van der Waals surface area contributed by atoms with Crippen molar-refractivity contribution in [1.29, 1.82) is 0 Å². The summed E-state index contributed by atoms with van der Waals surface area (Å²) in [6, 6.07) is 3.13. The molecule has 0 bridgehead atoms. The molecular formula is C20H30BrN3O2S. The van der Waals surface area contributed by atoms with Crippen molar-refractivity contribution in [3.8, 4) is 0 Å². The molecule has 2 saturated heterocycles. The maximum absolute atomic E-state index is 12.8. The Kier molecular flexibility index (Phi) is 7.34. The maximum Gasteiger partial charge on any atom is 0.262 e. The van der Waals surface area contributed by atoms with Crippen molar-refractivity contribution in [2.45, 2.75) is 45.6 Å². The lowest BCUT2D eigenvalue weighted by Crippen LogP contribution is -2.51. The van der Waals surface area contributed by atoms with E-state index in [1.807, 2.05) is 11.0 Å². The lowest BCUT2D eigenvalue weighted by atomic mass is 9.94. The molecule has 1 aromatic rings. The number of hydrogen-bond acceptors (Lipinski definition) is 4. The number of carbonyl (C=O) groups excluding carboxylic acids is 2. The van der Waals surface area contributed by atoms with Crippen molar-refractivity contribution in [1.82, 2.24) is 15.1 Å². The van der Waals surface area contributed by atoms with Gasteiger partial charge in [-0.2, -0.15) is 0 Å². The zero-order valence-electron chi connectivity index (χ0n) is 16.2. The summed E-state index contributed by atoms with van der Waals surface area (Å²) in [5.41, 5.74) is 0. The molecule has 7 heteroatoms. The van der Waals surface area contributed by atoms with E-state index < -0.39 is 6.04 Å². The molecule has 2 fully saturated rings. The Morgan fingerprint density at radius 3 is 2.67 bits per heavy atom. The highest BCUT2D eigenvalue weighted by atomic mass is 79.9. The third kappa shape index (κ3) is 5.78. The number of rotatable bonds is 5. The van der Waals surface area contributed by atoms with E-state index in [1.54, 1.807) is 13.0 Å². The van der Waals surface area contributed by atoms with Crippen molar-refractivity contribution in [3.63, 3.8) is 0 Å². The Hall–Kier alpha value is -0.920. The van der Waals surface area contributed by atoms with Crippen LogP contribution in [-0.4, -0.2) is 60.4 Å². The normalized spacial score (nSPS) is 23.2. The quantitative estimate of drug-likeness (QED) is 0.737. The fourth-order valence-electron chi connectivity index (χ4n) is 4.06. The van der Waals surface area contributed by atoms with Gasteiger partial charge in [-0.1, -0.05) is 6.92 Å². The molecule has 0 radical (unpaired) electrons. The summed E-state index contributed by atoms with van der Waals surface area (Å²) in [6.45, 7) is 9.22. The summed E-state index contributed by atoms with van der Waals surface area (Å²) in [6.07, 6.45) is 4.83. The molecule has 0 saturated carbocycles. The van der Waals surface area contributed by atoms with E-state index in [1.165, 1.54) is 43.7 Å². The Bertz CT molecular complexity index is 657. The van der Waals surface area contributed by atoms with Crippen LogP contribution in [0.25, 0.3) is 0 Å². The number of nitrogens with one attached hydrogen (secondary N) is 1. The lowest BCUT2D eigenvalue weighted by molar-refractivity contribution is -0.134. The van der Waals surface area contributed by atoms with E-state index in [4.69, 9.17) is 0 Å². The second-order valence-corrected chi connectivity index (χ2v) is 10.5. The molecule has 1 aromatic heterocycles. The van der Waals surface area contributed by atoms with Crippen LogP contribution in [0.3, 0.4) is 0 Å². The maximum atomic E-state index is 12.8. The zero-order valence-corrected chi connectivity index (χ0v) is 18.7. The van der Waals surface area contributed by atoms with Crippen molar-refractivity contribution >= 4 is 39.1 Å². The van der Waals surface area contributed by atoms with Crippen LogP contribution in [0.2, 0.25) is 0 Å². The minimum atomic E-state index is -0.493. The Labute approximate surface area is 174 Å². The minimum absolute atomic E-state index is 0.0379. The molecular weight excluding hydrogens is 426 g/mol. The van der Waals surface area contributed by atoms with Gasteiger partial charge in [0.1, 0.15) is 6.04 Å². The summed E-state index contributed by atoms with van der Waals surface area (Å²) in [5.74, 6) is 1.25. The van der Waals surface area contributed by atoms with Gasteiger partial charge < -0.3 is 15.1 Å². The highest BCUT2D eigenvalue weighted by molar-refractivity contribution is 9.11. The van der Waals surface area contributed by atoms with Gasteiger partial charge in [-0.25, -0.2) is 0 Å². The molecule has 3 heterocycles.